The average molecular weight is 238 g/mol. The lowest BCUT2D eigenvalue weighted by molar-refractivity contribution is 1.61. The Labute approximate surface area is 98.4 Å². The summed E-state index contributed by atoms with van der Waals surface area (Å²) in [6, 6.07) is 12.9. The zero-order valence-electron chi connectivity index (χ0n) is 7.87. The van der Waals surface area contributed by atoms with Crippen molar-refractivity contribution in [2.45, 2.75) is 0 Å². The van der Waals surface area contributed by atoms with Gasteiger partial charge in [-0.25, -0.2) is 0 Å². The summed E-state index contributed by atoms with van der Waals surface area (Å²) in [5, 5.41) is 1.35. The van der Waals surface area contributed by atoms with Crippen molar-refractivity contribution < 1.29 is 0 Å². The smallest absolute Gasteiger partial charge is 0.0413 e. The highest BCUT2D eigenvalue weighted by Gasteiger charge is 2.03. The van der Waals surface area contributed by atoms with Crippen LogP contribution in [0.3, 0.4) is 0 Å². The fraction of sp³-hybridized carbons (Fsp3) is 0. The number of halogens is 2. The van der Waals surface area contributed by atoms with Crippen LogP contribution in [0.5, 0.6) is 0 Å². The van der Waals surface area contributed by atoms with E-state index in [0.717, 1.165) is 11.1 Å². The van der Waals surface area contributed by atoms with Gasteiger partial charge in [0, 0.05) is 21.3 Å². The first-order valence-electron chi connectivity index (χ1n) is 4.48. The molecule has 3 heteroatoms. The molecule has 0 aliphatic rings. The van der Waals surface area contributed by atoms with Crippen LogP contribution in [0.1, 0.15) is 0 Å². The first-order chi connectivity index (χ1) is 7.16. The molecule has 0 heterocycles. The van der Waals surface area contributed by atoms with Crippen molar-refractivity contribution in [1.29, 1.82) is 0 Å². The molecule has 0 atom stereocenters. The van der Waals surface area contributed by atoms with E-state index in [1.807, 2.05) is 30.3 Å². The molecule has 2 aromatic carbocycles. The van der Waals surface area contributed by atoms with E-state index in [1.165, 1.54) is 0 Å². The van der Waals surface area contributed by atoms with Gasteiger partial charge in [-0.1, -0.05) is 35.3 Å². The summed E-state index contributed by atoms with van der Waals surface area (Å²) in [7, 11) is 0. The Hall–Kier alpha value is -1.18. The van der Waals surface area contributed by atoms with E-state index in [-0.39, 0.29) is 0 Å². The quantitative estimate of drug-likeness (QED) is 0.738. The van der Waals surface area contributed by atoms with Crippen LogP contribution in [0.2, 0.25) is 10.0 Å². The predicted molar refractivity (Wildman–Crippen MR) is 66.3 cm³/mol. The number of hydrogen-bond acceptors (Lipinski definition) is 1. The lowest BCUT2D eigenvalue weighted by Gasteiger charge is -2.06. The van der Waals surface area contributed by atoms with Gasteiger partial charge >= 0.3 is 0 Å². The van der Waals surface area contributed by atoms with Gasteiger partial charge in [-0.15, -0.1) is 0 Å². The highest BCUT2D eigenvalue weighted by molar-refractivity contribution is 6.31. The molecule has 2 N–H and O–H groups in total. The topological polar surface area (TPSA) is 26.0 Å². The summed E-state index contributed by atoms with van der Waals surface area (Å²) in [5.74, 6) is 0. The first-order valence-corrected chi connectivity index (χ1v) is 5.23. The maximum Gasteiger partial charge on any atom is 0.0413 e. The Kier molecular flexibility index (Phi) is 2.85. The van der Waals surface area contributed by atoms with Crippen LogP contribution in [0, 0.1) is 0 Å². The van der Waals surface area contributed by atoms with Gasteiger partial charge in [0.15, 0.2) is 0 Å². The third-order valence-electron chi connectivity index (χ3n) is 2.15. The van der Waals surface area contributed by atoms with Crippen molar-refractivity contribution in [1.82, 2.24) is 0 Å². The zero-order chi connectivity index (χ0) is 10.8. The second-order valence-corrected chi connectivity index (χ2v) is 4.11. The molecule has 0 aromatic heterocycles. The molecule has 0 spiro atoms. The molecule has 2 aromatic rings. The standard InChI is InChI=1S/C12H9Cl2N/c13-9-3-1-2-8(6-9)11-7-10(14)4-5-12(11)15/h1-7H,15H2. The predicted octanol–water partition coefficient (Wildman–Crippen LogP) is 4.24. The van der Waals surface area contributed by atoms with Crippen molar-refractivity contribution in [2.75, 3.05) is 5.73 Å². The lowest BCUT2D eigenvalue weighted by atomic mass is 10.0. The second kappa shape index (κ2) is 4.13. The van der Waals surface area contributed by atoms with Crippen LogP contribution in [0.4, 0.5) is 5.69 Å². The monoisotopic (exact) mass is 237 g/mol. The van der Waals surface area contributed by atoms with E-state index in [9.17, 15) is 0 Å². The third kappa shape index (κ3) is 2.25. The first kappa shape index (κ1) is 10.3. The number of nitrogens with two attached hydrogens (primary N) is 1. The van der Waals surface area contributed by atoms with Crippen LogP contribution < -0.4 is 5.73 Å². The number of rotatable bonds is 1. The Morgan fingerprint density at radius 3 is 2.33 bits per heavy atom. The van der Waals surface area contributed by atoms with Gasteiger partial charge < -0.3 is 5.73 Å². The van der Waals surface area contributed by atoms with Gasteiger partial charge in [0.05, 0.1) is 0 Å². The molecular formula is C12H9Cl2N. The summed E-state index contributed by atoms with van der Waals surface area (Å²) >= 11 is 11.8. The summed E-state index contributed by atoms with van der Waals surface area (Å²) < 4.78 is 0. The minimum Gasteiger partial charge on any atom is -0.398 e. The summed E-state index contributed by atoms with van der Waals surface area (Å²) in [6.45, 7) is 0. The van der Waals surface area contributed by atoms with Gasteiger partial charge in [0.1, 0.15) is 0 Å². The van der Waals surface area contributed by atoms with Gasteiger partial charge in [-0.2, -0.15) is 0 Å². The second-order valence-electron chi connectivity index (χ2n) is 3.24. The van der Waals surface area contributed by atoms with Crippen LogP contribution in [0.15, 0.2) is 42.5 Å². The summed E-state index contributed by atoms with van der Waals surface area (Å²) in [6.07, 6.45) is 0. The van der Waals surface area contributed by atoms with Crippen LogP contribution >= 0.6 is 23.2 Å². The van der Waals surface area contributed by atoms with E-state index < -0.39 is 0 Å². The summed E-state index contributed by atoms with van der Waals surface area (Å²) in [4.78, 5) is 0. The minimum atomic E-state index is 0.666. The minimum absolute atomic E-state index is 0.666. The molecule has 0 bridgehead atoms. The number of benzene rings is 2. The molecule has 76 valence electrons. The van der Waals surface area contributed by atoms with Crippen LogP contribution in [-0.4, -0.2) is 0 Å². The van der Waals surface area contributed by atoms with Gasteiger partial charge in [-0.05, 0) is 35.9 Å². The maximum absolute atomic E-state index is 5.92. The lowest BCUT2D eigenvalue weighted by Crippen LogP contribution is -1.89. The van der Waals surface area contributed by atoms with Gasteiger partial charge in [0.25, 0.3) is 0 Å². The molecule has 0 fully saturated rings. The highest BCUT2D eigenvalue weighted by Crippen LogP contribution is 2.30. The van der Waals surface area contributed by atoms with Crippen LogP contribution in [-0.2, 0) is 0 Å². The number of hydrogen-bond donors (Lipinski definition) is 1. The van der Waals surface area contributed by atoms with E-state index in [0.29, 0.717) is 15.7 Å². The van der Waals surface area contributed by atoms with E-state index in [4.69, 9.17) is 28.9 Å². The average Bonchev–Trinajstić information content (AvgIpc) is 2.22. The Morgan fingerprint density at radius 2 is 1.60 bits per heavy atom. The van der Waals surface area contributed by atoms with Crippen molar-refractivity contribution >= 4 is 28.9 Å². The van der Waals surface area contributed by atoms with E-state index in [2.05, 4.69) is 0 Å². The Morgan fingerprint density at radius 1 is 0.867 bits per heavy atom. The molecule has 2 rings (SSSR count). The fourth-order valence-corrected chi connectivity index (χ4v) is 1.80. The molecule has 0 saturated heterocycles. The molecule has 0 amide bonds. The molecule has 15 heavy (non-hydrogen) atoms. The molecule has 0 saturated carbocycles. The largest absolute Gasteiger partial charge is 0.398 e. The highest BCUT2D eigenvalue weighted by atomic mass is 35.5. The number of nitrogen functional groups attached to an aromatic ring is 1. The van der Waals surface area contributed by atoms with E-state index >= 15 is 0 Å². The Balaban J connectivity index is 2.58. The van der Waals surface area contributed by atoms with Gasteiger partial charge in [-0.3, -0.25) is 0 Å². The zero-order valence-corrected chi connectivity index (χ0v) is 9.39. The molecule has 0 aliphatic heterocycles. The molecular weight excluding hydrogens is 229 g/mol. The SMILES string of the molecule is Nc1ccc(Cl)cc1-c1cccc(Cl)c1. The molecule has 1 nitrogen and oxygen atoms in total. The fourth-order valence-electron chi connectivity index (χ4n) is 1.43. The van der Waals surface area contributed by atoms with E-state index in [1.54, 1.807) is 12.1 Å². The normalized spacial score (nSPS) is 10.3. The molecule has 0 radical (unpaired) electrons. The summed E-state index contributed by atoms with van der Waals surface area (Å²) in [5.41, 5.74) is 8.45. The van der Waals surface area contributed by atoms with Crippen LogP contribution in [0.25, 0.3) is 11.1 Å². The van der Waals surface area contributed by atoms with Crippen molar-refractivity contribution in [2.24, 2.45) is 0 Å². The Bertz CT molecular complexity index is 495. The van der Waals surface area contributed by atoms with Crippen molar-refractivity contribution in [3.05, 3.63) is 52.5 Å². The number of anilines is 1. The maximum atomic E-state index is 5.92. The third-order valence-corrected chi connectivity index (χ3v) is 2.62. The molecule has 0 unspecified atom stereocenters. The molecule has 0 aliphatic carbocycles. The van der Waals surface area contributed by atoms with Crippen molar-refractivity contribution in [3.8, 4) is 11.1 Å². The van der Waals surface area contributed by atoms with Gasteiger partial charge in [0.2, 0.25) is 0 Å². The van der Waals surface area contributed by atoms with Crippen molar-refractivity contribution in [3.63, 3.8) is 0 Å².